The first-order valence-corrected chi connectivity index (χ1v) is 10.2. The molecule has 2 heterocycles. The molecule has 6 nitrogen and oxygen atoms in total. The highest BCUT2D eigenvalue weighted by Crippen LogP contribution is 2.26. The van der Waals surface area contributed by atoms with Crippen molar-refractivity contribution >= 4 is 11.6 Å². The fourth-order valence-corrected chi connectivity index (χ4v) is 3.66. The molecule has 30 heavy (non-hydrogen) atoms. The smallest absolute Gasteiger partial charge is 0.266 e. The Balaban J connectivity index is 1.77. The van der Waals surface area contributed by atoms with Gasteiger partial charge in [0.05, 0.1) is 11.1 Å². The van der Waals surface area contributed by atoms with Crippen molar-refractivity contribution in [3.05, 3.63) is 46.5 Å². The summed E-state index contributed by atoms with van der Waals surface area (Å²) in [7, 11) is 3.91. The summed E-state index contributed by atoms with van der Waals surface area (Å²) in [6.07, 6.45) is -0.727. The number of halogens is 3. The average Bonchev–Trinajstić information content (AvgIpc) is 2.72. The van der Waals surface area contributed by atoms with Crippen LogP contribution in [0.5, 0.6) is 0 Å². The van der Waals surface area contributed by atoms with E-state index in [1.807, 2.05) is 0 Å². The molecule has 3 N–H and O–H groups in total. The van der Waals surface area contributed by atoms with Crippen LogP contribution in [-0.2, 0) is 13.1 Å². The summed E-state index contributed by atoms with van der Waals surface area (Å²) in [6.45, 7) is 4.47. The van der Waals surface area contributed by atoms with Gasteiger partial charge in [-0.2, -0.15) is 0 Å². The van der Waals surface area contributed by atoms with Crippen LogP contribution in [0, 0.1) is 12.7 Å². The van der Waals surface area contributed by atoms with Crippen molar-refractivity contribution in [3.8, 4) is 0 Å². The Morgan fingerprint density at radius 1 is 1.13 bits per heavy atom. The number of nitrogens with one attached hydrogen (secondary N) is 3. The van der Waals surface area contributed by atoms with Crippen LogP contribution in [0.25, 0.3) is 0 Å². The second-order valence-corrected chi connectivity index (χ2v) is 7.63. The molecule has 1 saturated heterocycles. The lowest BCUT2D eigenvalue weighted by Crippen LogP contribution is -2.40. The summed E-state index contributed by atoms with van der Waals surface area (Å²) in [5, 5.41) is 9.78. The van der Waals surface area contributed by atoms with Crippen LogP contribution >= 0.6 is 0 Å². The number of alkyl halides is 2. The molecule has 1 aromatic heterocycles. The van der Waals surface area contributed by atoms with E-state index in [9.17, 15) is 13.2 Å². The van der Waals surface area contributed by atoms with Gasteiger partial charge in [-0.25, -0.2) is 23.1 Å². The number of hydrogen-bond donors (Lipinski definition) is 3. The van der Waals surface area contributed by atoms with Gasteiger partial charge in [0.2, 0.25) is 0 Å². The Hall–Kier alpha value is -2.39. The molecule has 0 spiro atoms. The molecule has 0 unspecified atom stereocenters. The Morgan fingerprint density at radius 2 is 1.83 bits per heavy atom. The molecule has 0 atom stereocenters. The van der Waals surface area contributed by atoms with Gasteiger partial charge in [-0.05, 0) is 39.9 Å². The van der Waals surface area contributed by atoms with Crippen LogP contribution in [0.1, 0.15) is 41.8 Å². The first-order valence-electron chi connectivity index (χ1n) is 10.2. The van der Waals surface area contributed by atoms with Gasteiger partial charge in [-0.15, -0.1) is 0 Å². The average molecular weight is 422 g/mol. The van der Waals surface area contributed by atoms with Gasteiger partial charge in [-0.1, -0.05) is 18.2 Å². The molecule has 0 radical (unpaired) electrons. The minimum Gasteiger partial charge on any atom is -0.373 e. The summed E-state index contributed by atoms with van der Waals surface area (Å²) in [4.78, 5) is 11.2. The van der Waals surface area contributed by atoms with E-state index in [-0.39, 0.29) is 12.1 Å². The molecule has 1 aliphatic rings. The maximum absolute atomic E-state index is 14.4. The van der Waals surface area contributed by atoms with Gasteiger partial charge in [0.15, 0.2) is 0 Å². The number of piperidine rings is 1. The third-order valence-corrected chi connectivity index (χ3v) is 5.43. The van der Waals surface area contributed by atoms with E-state index in [4.69, 9.17) is 0 Å². The van der Waals surface area contributed by atoms with E-state index in [0.717, 1.165) is 37.6 Å². The van der Waals surface area contributed by atoms with E-state index in [0.29, 0.717) is 30.0 Å². The van der Waals surface area contributed by atoms with Gasteiger partial charge in [0.1, 0.15) is 23.3 Å². The number of aromatic nitrogens is 2. The van der Waals surface area contributed by atoms with E-state index >= 15 is 0 Å². The summed E-state index contributed by atoms with van der Waals surface area (Å²) in [5.41, 5.74) is 0.421. The number of aryl methyl sites for hydroxylation is 1. The molecule has 2 aromatic rings. The first kappa shape index (κ1) is 22.3. The molecule has 1 aliphatic heterocycles. The monoisotopic (exact) mass is 422 g/mol. The van der Waals surface area contributed by atoms with Crippen molar-refractivity contribution in [2.45, 2.75) is 45.3 Å². The second-order valence-electron chi connectivity index (χ2n) is 7.63. The largest absolute Gasteiger partial charge is 0.373 e. The molecule has 1 aromatic carbocycles. The Kier molecular flexibility index (Phi) is 7.49. The van der Waals surface area contributed by atoms with E-state index in [2.05, 4.69) is 37.9 Å². The van der Waals surface area contributed by atoms with E-state index in [1.54, 1.807) is 14.0 Å². The van der Waals surface area contributed by atoms with Crippen LogP contribution < -0.4 is 16.0 Å². The van der Waals surface area contributed by atoms with Crippen LogP contribution in [0.2, 0.25) is 0 Å². The van der Waals surface area contributed by atoms with Crippen LogP contribution in [0.3, 0.4) is 0 Å². The van der Waals surface area contributed by atoms with Crippen LogP contribution in [0.15, 0.2) is 18.2 Å². The molecule has 9 heteroatoms. The summed E-state index contributed by atoms with van der Waals surface area (Å²) in [6, 6.07) is 4.45. The minimum atomic E-state index is -2.85. The fourth-order valence-electron chi connectivity index (χ4n) is 3.66. The molecule has 0 aliphatic carbocycles. The standard InChI is InChI=1S/C21H29F3N6/c1-13-28-20(25-2)17(12-26-15-7-9-30(3)10-8-15)21(29-13)27-11-14-5-4-6-16(18(14)22)19(23)24/h4-6,15,19,26H,7-12H2,1-3H3,(H2,25,27,28,29). The van der Waals surface area contributed by atoms with Crippen LogP contribution in [-0.4, -0.2) is 48.1 Å². The fraction of sp³-hybridized carbons (Fsp3) is 0.524. The number of benzene rings is 1. The van der Waals surface area contributed by atoms with Gasteiger partial charge < -0.3 is 20.9 Å². The Bertz CT molecular complexity index is 853. The van der Waals surface area contributed by atoms with Crippen molar-refractivity contribution in [1.29, 1.82) is 0 Å². The molecular weight excluding hydrogens is 393 g/mol. The van der Waals surface area contributed by atoms with Gasteiger partial charge in [-0.3, -0.25) is 0 Å². The number of hydrogen-bond acceptors (Lipinski definition) is 6. The zero-order valence-electron chi connectivity index (χ0n) is 17.6. The number of likely N-dealkylation sites (tertiary alicyclic amines) is 1. The molecule has 1 fully saturated rings. The molecule has 0 bridgehead atoms. The second kappa shape index (κ2) is 10.1. The molecule has 3 rings (SSSR count). The maximum atomic E-state index is 14.4. The third kappa shape index (κ3) is 5.40. The Labute approximate surface area is 175 Å². The summed E-state index contributed by atoms with van der Waals surface area (Å²) < 4.78 is 40.4. The molecule has 164 valence electrons. The van der Waals surface area contributed by atoms with Gasteiger partial charge >= 0.3 is 0 Å². The number of nitrogens with zero attached hydrogens (tertiary/aromatic N) is 3. The van der Waals surface area contributed by atoms with E-state index in [1.165, 1.54) is 12.1 Å². The SMILES string of the molecule is CNc1nc(C)nc(NCc2cccc(C(F)F)c2F)c1CNC1CCN(C)CC1. The highest BCUT2D eigenvalue weighted by molar-refractivity contribution is 5.58. The quantitative estimate of drug-likeness (QED) is 0.603. The predicted molar refractivity (Wildman–Crippen MR) is 112 cm³/mol. The highest BCUT2D eigenvalue weighted by Gasteiger charge is 2.20. The molecule has 0 saturated carbocycles. The molecule has 0 amide bonds. The summed E-state index contributed by atoms with van der Waals surface area (Å²) >= 11 is 0. The van der Waals surface area contributed by atoms with E-state index < -0.39 is 17.8 Å². The number of anilines is 2. The maximum Gasteiger partial charge on any atom is 0.266 e. The van der Waals surface area contributed by atoms with Crippen molar-refractivity contribution in [3.63, 3.8) is 0 Å². The number of rotatable bonds is 8. The van der Waals surface area contributed by atoms with Gasteiger partial charge in [0, 0.05) is 31.7 Å². The van der Waals surface area contributed by atoms with Crippen molar-refractivity contribution in [2.75, 3.05) is 37.8 Å². The van der Waals surface area contributed by atoms with Crippen LogP contribution in [0.4, 0.5) is 24.8 Å². The first-order chi connectivity index (χ1) is 14.4. The van der Waals surface area contributed by atoms with Crippen molar-refractivity contribution in [2.24, 2.45) is 0 Å². The van der Waals surface area contributed by atoms with Gasteiger partial charge in [0.25, 0.3) is 6.43 Å². The predicted octanol–water partition coefficient (Wildman–Crippen LogP) is 3.70. The normalized spacial score (nSPS) is 15.6. The zero-order valence-corrected chi connectivity index (χ0v) is 17.6. The minimum absolute atomic E-state index is 0.0488. The highest BCUT2D eigenvalue weighted by atomic mass is 19.3. The summed E-state index contributed by atoms with van der Waals surface area (Å²) in [5.74, 6) is 0.929. The topological polar surface area (TPSA) is 65.1 Å². The Morgan fingerprint density at radius 3 is 2.50 bits per heavy atom. The molecular formula is C21H29F3N6. The lowest BCUT2D eigenvalue weighted by Gasteiger charge is -2.30. The van der Waals surface area contributed by atoms with Crippen molar-refractivity contribution < 1.29 is 13.2 Å². The lowest BCUT2D eigenvalue weighted by molar-refractivity contribution is 0.146. The third-order valence-electron chi connectivity index (χ3n) is 5.43. The lowest BCUT2D eigenvalue weighted by atomic mass is 10.1. The van der Waals surface area contributed by atoms with Crippen molar-refractivity contribution in [1.82, 2.24) is 20.2 Å². The zero-order chi connectivity index (χ0) is 21.7.